The van der Waals surface area contributed by atoms with Gasteiger partial charge in [-0.25, -0.2) is 0 Å². The largest absolute Gasteiger partial charge is 0.381 e. The van der Waals surface area contributed by atoms with Gasteiger partial charge in [-0.05, 0) is 47.8 Å². The zero-order valence-corrected chi connectivity index (χ0v) is 11.4. The van der Waals surface area contributed by atoms with E-state index in [1.54, 1.807) is 0 Å². The van der Waals surface area contributed by atoms with Crippen LogP contribution >= 0.6 is 15.9 Å². The first-order valence-corrected chi connectivity index (χ1v) is 6.57. The van der Waals surface area contributed by atoms with E-state index in [4.69, 9.17) is 4.74 Å². The minimum atomic E-state index is 0.459. The molecule has 0 bridgehead atoms. The van der Waals surface area contributed by atoms with Crippen molar-refractivity contribution in [1.29, 1.82) is 0 Å². The van der Waals surface area contributed by atoms with E-state index < -0.39 is 0 Å². The maximum Gasteiger partial charge on any atom is 0.0514 e. The summed E-state index contributed by atoms with van der Waals surface area (Å²) < 4.78 is 6.59. The smallest absolute Gasteiger partial charge is 0.0514 e. The second-order valence-electron chi connectivity index (χ2n) is 4.49. The molecule has 88 valence electrons. The van der Waals surface area contributed by atoms with E-state index in [0.29, 0.717) is 12.0 Å². The fourth-order valence-electron chi connectivity index (χ4n) is 2.07. The van der Waals surface area contributed by atoms with Gasteiger partial charge in [0, 0.05) is 28.7 Å². The Morgan fingerprint density at radius 3 is 3.00 bits per heavy atom. The molecule has 0 aliphatic carbocycles. The molecule has 1 saturated heterocycles. The number of benzene rings is 1. The van der Waals surface area contributed by atoms with Gasteiger partial charge < -0.3 is 10.1 Å². The molecule has 16 heavy (non-hydrogen) atoms. The van der Waals surface area contributed by atoms with Crippen molar-refractivity contribution in [2.75, 3.05) is 18.5 Å². The highest BCUT2D eigenvalue weighted by Crippen LogP contribution is 2.28. The maximum atomic E-state index is 5.42. The number of hydrogen-bond donors (Lipinski definition) is 1. The molecular formula is C13H18BrNO. The number of anilines is 1. The lowest BCUT2D eigenvalue weighted by atomic mass is 10.0. The number of nitrogens with one attached hydrogen (secondary N) is 1. The van der Waals surface area contributed by atoms with Crippen molar-refractivity contribution in [3.05, 3.63) is 28.2 Å². The van der Waals surface area contributed by atoms with Crippen LogP contribution in [0.3, 0.4) is 0 Å². The molecular weight excluding hydrogens is 266 g/mol. The molecule has 0 radical (unpaired) electrons. The maximum absolute atomic E-state index is 5.42. The molecule has 0 saturated carbocycles. The molecule has 1 aliphatic heterocycles. The number of hydrogen-bond acceptors (Lipinski definition) is 2. The van der Waals surface area contributed by atoms with E-state index in [1.807, 2.05) is 0 Å². The summed E-state index contributed by atoms with van der Waals surface area (Å²) in [5.74, 6) is 0.632. The third kappa shape index (κ3) is 2.58. The monoisotopic (exact) mass is 283 g/mol. The molecule has 2 atom stereocenters. The minimum absolute atomic E-state index is 0.459. The summed E-state index contributed by atoms with van der Waals surface area (Å²) in [4.78, 5) is 0. The summed E-state index contributed by atoms with van der Waals surface area (Å²) in [6.07, 6.45) is 1.16. The Hall–Kier alpha value is -0.540. The van der Waals surface area contributed by atoms with Gasteiger partial charge in [-0.2, -0.15) is 0 Å². The van der Waals surface area contributed by atoms with Crippen LogP contribution in [0.2, 0.25) is 0 Å². The van der Waals surface area contributed by atoms with E-state index in [9.17, 15) is 0 Å². The zero-order valence-electron chi connectivity index (χ0n) is 9.79. The molecule has 1 heterocycles. The molecule has 1 fully saturated rings. The highest BCUT2D eigenvalue weighted by atomic mass is 79.9. The Bertz CT molecular complexity index is 361. The van der Waals surface area contributed by atoms with Crippen molar-refractivity contribution >= 4 is 21.6 Å². The van der Waals surface area contributed by atoms with Crippen molar-refractivity contribution in [3.63, 3.8) is 0 Å². The van der Waals surface area contributed by atoms with Crippen LogP contribution < -0.4 is 5.32 Å². The summed E-state index contributed by atoms with van der Waals surface area (Å²) in [5, 5.41) is 3.57. The van der Waals surface area contributed by atoms with Crippen molar-refractivity contribution in [1.82, 2.24) is 0 Å². The van der Waals surface area contributed by atoms with Crippen LogP contribution in [-0.2, 0) is 4.74 Å². The molecule has 1 aromatic carbocycles. The SMILES string of the molecule is Cc1cccc(NC(C)C2CCOC2)c1Br. The fraction of sp³-hybridized carbons (Fsp3) is 0.538. The van der Waals surface area contributed by atoms with Crippen LogP contribution in [0.4, 0.5) is 5.69 Å². The van der Waals surface area contributed by atoms with E-state index in [0.717, 1.165) is 19.6 Å². The Morgan fingerprint density at radius 1 is 1.50 bits per heavy atom. The van der Waals surface area contributed by atoms with Crippen LogP contribution in [0.5, 0.6) is 0 Å². The predicted molar refractivity (Wildman–Crippen MR) is 70.9 cm³/mol. The Balaban J connectivity index is 2.05. The molecule has 1 N–H and O–H groups in total. The Kier molecular flexibility index (Phi) is 3.87. The third-order valence-corrected chi connectivity index (χ3v) is 4.30. The summed E-state index contributed by atoms with van der Waals surface area (Å²) >= 11 is 3.62. The van der Waals surface area contributed by atoms with Crippen molar-refractivity contribution in [3.8, 4) is 0 Å². The molecule has 0 amide bonds. The van der Waals surface area contributed by atoms with Gasteiger partial charge in [-0.1, -0.05) is 12.1 Å². The first-order valence-electron chi connectivity index (χ1n) is 5.78. The average molecular weight is 284 g/mol. The lowest BCUT2D eigenvalue weighted by molar-refractivity contribution is 0.183. The van der Waals surface area contributed by atoms with Gasteiger partial charge in [0.25, 0.3) is 0 Å². The first kappa shape index (κ1) is 11.9. The van der Waals surface area contributed by atoms with E-state index in [2.05, 4.69) is 53.3 Å². The van der Waals surface area contributed by atoms with Gasteiger partial charge in [0.1, 0.15) is 0 Å². The standard InChI is InChI=1S/C13H18BrNO/c1-9-4-3-5-12(13(9)14)15-10(2)11-6-7-16-8-11/h3-5,10-11,15H,6-8H2,1-2H3. The molecule has 1 aromatic rings. The third-order valence-electron chi connectivity index (χ3n) is 3.25. The minimum Gasteiger partial charge on any atom is -0.381 e. The molecule has 3 heteroatoms. The van der Waals surface area contributed by atoms with Crippen molar-refractivity contribution < 1.29 is 4.74 Å². The highest BCUT2D eigenvalue weighted by molar-refractivity contribution is 9.10. The molecule has 2 nitrogen and oxygen atoms in total. The van der Waals surface area contributed by atoms with Crippen molar-refractivity contribution in [2.24, 2.45) is 5.92 Å². The lowest BCUT2D eigenvalue weighted by Crippen LogP contribution is -2.26. The zero-order chi connectivity index (χ0) is 11.5. The quantitative estimate of drug-likeness (QED) is 0.915. The van der Waals surface area contributed by atoms with Gasteiger partial charge in [0.2, 0.25) is 0 Å². The topological polar surface area (TPSA) is 21.3 Å². The van der Waals surface area contributed by atoms with Crippen molar-refractivity contribution in [2.45, 2.75) is 26.3 Å². The Morgan fingerprint density at radius 2 is 2.31 bits per heavy atom. The molecule has 1 aliphatic rings. The van der Waals surface area contributed by atoms with Gasteiger partial charge in [-0.15, -0.1) is 0 Å². The average Bonchev–Trinajstić information content (AvgIpc) is 2.78. The van der Waals surface area contributed by atoms with Gasteiger partial charge in [0.15, 0.2) is 0 Å². The second-order valence-corrected chi connectivity index (χ2v) is 5.29. The Labute approximate surface area is 106 Å². The number of ether oxygens (including phenoxy) is 1. The predicted octanol–water partition coefficient (Wildman–Crippen LogP) is 3.59. The number of rotatable bonds is 3. The van der Waals surface area contributed by atoms with Gasteiger partial charge in [0.05, 0.1) is 6.61 Å². The molecule has 2 rings (SSSR count). The highest BCUT2D eigenvalue weighted by Gasteiger charge is 2.22. The second kappa shape index (κ2) is 5.19. The molecule has 2 unspecified atom stereocenters. The van der Waals surface area contributed by atoms with Crippen LogP contribution in [-0.4, -0.2) is 19.3 Å². The number of halogens is 1. The normalized spacial score (nSPS) is 22.1. The van der Waals surface area contributed by atoms with E-state index >= 15 is 0 Å². The summed E-state index contributed by atoms with van der Waals surface area (Å²) in [6.45, 7) is 6.13. The number of aryl methyl sites for hydroxylation is 1. The molecule has 0 aromatic heterocycles. The van der Waals surface area contributed by atoms with Crippen LogP contribution in [0.25, 0.3) is 0 Å². The van der Waals surface area contributed by atoms with Gasteiger partial charge >= 0.3 is 0 Å². The van der Waals surface area contributed by atoms with Crippen LogP contribution in [0, 0.1) is 12.8 Å². The summed E-state index contributed by atoms with van der Waals surface area (Å²) in [6, 6.07) is 6.77. The summed E-state index contributed by atoms with van der Waals surface area (Å²) in [5.41, 5.74) is 2.44. The van der Waals surface area contributed by atoms with E-state index in [-0.39, 0.29) is 0 Å². The van der Waals surface area contributed by atoms with Crippen LogP contribution in [0.15, 0.2) is 22.7 Å². The van der Waals surface area contributed by atoms with Crippen LogP contribution in [0.1, 0.15) is 18.9 Å². The summed E-state index contributed by atoms with van der Waals surface area (Å²) in [7, 11) is 0. The lowest BCUT2D eigenvalue weighted by Gasteiger charge is -2.21. The van der Waals surface area contributed by atoms with E-state index in [1.165, 1.54) is 15.7 Å². The van der Waals surface area contributed by atoms with Gasteiger partial charge in [-0.3, -0.25) is 0 Å². The fourth-order valence-corrected chi connectivity index (χ4v) is 2.45. The molecule has 0 spiro atoms. The first-order chi connectivity index (χ1) is 7.68.